The second kappa shape index (κ2) is 7.24. The largest absolute Gasteiger partial charge is 0.481 e. The van der Waals surface area contributed by atoms with Gasteiger partial charge in [0, 0.05) is 19.0 Å². The van der Waals surface area contributed by atoms with E-state index in [2.05, 4.69) is 4.90 Å². The van der Waals surface area contributed by atoms with Crippen LogP contribution in [0.1, 0.15) is 30.4 Å². The number of carbonyl (C=O) groups is 1. The summed E-state index contributed by atoms with van der Waals surface area (Å²) in [5.74, 6) is -0.387. The summed E-state index contributed by atoms with van der Waals surface area (Å²) in [7, 11) is -2.94. The average molecular weight is 325 g/mol. The van der Waals surface area contributed by atoms with Crippen LogP contribution in [0.2, 0.25) is 0 Å². The summed E-state index contributed by atoms with van der Waals surface area (Å²) in [4.78, 5) is 12.8. The van der Waals surface area contributed by atoms with Crippen LogP contribution in [0, 0.1) is 6.92 Å². The Bertz CT molecular complexity index is 610. The summed E-state index contributed by atoms with van der Waals surface area (Å²) in [6.07, 6.45) is 1.29. The topological polar surface area (TPSA) is 74.7 Å². The SMILES string of the molecule is Cc1ccc(CN(CCCC(=O)O)[C@H]2CCS(=O)(=O)C2)cc1. The predicted molar refractivity (Wildman–Crippen MR) is 85.5 cm³/mol. The van der Waals surface area contributed by atoms with Gasteiger partial charge >= 0.3 is 5.97 Å². The van der Waals surface area contributed by atoms with Crippen LogP contribution < -0.4 is 0 Å². The van der Waals surface area contributed by atoms with Gasteiger partial charge in [-0.15, -0.1) is 0 Å². The Hall–Kier alpha value is -1.40. The highest BCUT2D eigenvalue weighted by atomic mass is 32.2. The number of aryl methyl sites for hydroxylation is 1. The fourth-order valence-electron chi connectivity index (χ4n) is 2.82. The maximum absolute atomic E-state index is 11.7. The smallest absolute Gasteiger partial charge is 0.303 e. The zero-order valence-electron chi connectivity index (χ0n) is 12.9. The lowest BCUT2D eigenvalue weighted by Crippen LogP contribution is -2.36. The summed E-state index contributed by atoms with van der Waals surface area (Å²) >= 11 is 0. The molecule has 0 amide bonds. The van der Waals surface area contributed by atoms with Gasteiger partial charge in [0.2, 0.25) is 0 Å². The normalized spacial score (nSPS) is 20.4. The Labute approximate surface area is 131 Å². The first-order chi connectivity index (χ1) is 10.4. The molecule has 122 valence electrons. The molecular formula is C16H23NO4S. The van der Waals surface area contributed by atoms with Gasteiger partial charge in [-0.05, 0) is 31.9 Å². The maximum atomic E-state index is 11.7. The molecule has 0 bridgehead atoms. The van der Waals surface area contributed by atoms with E-state index in [1.165, 1.54) is 5.56 Å². The van der Waals surface area contributed by atoms with Gasteiger partial charge in [-0.25, -0.2) is 8.42 Å². The monoisotopic (exact) mass is 325 g/mol. The van der Waals surface area contributed by atoms with Crippen molar-refractivity contribution in [2.75, 3.05) is 18.1 Å². The van der Waals surface area contributed by atoms with E-state index in [-0.39, 0.29) is 24.0 Å². The van der Waals surface area contributed by atoms with E-state index in [4.69, 9.17) is 5.11 Å². The lowest BCUT2D eigenvalue weighted by atomic mass is 10.1. The van der Waals surface area contributed by atoms with Crippen molar-refractivity contribution < 1.29 is 18.3 Å². The summed E-state index contributed by atoms with van der Waals surface area (Å²) in [5.41, 5.74) is 2.31. The van der Waals surface area contributed by atoms with Crippen LogP contribution in [0.15, 0.2) is 24.3 Å². The fourth-order valence-corrected chi connectivity index (χ4v) is 4.58. The van der Waals surface area contributed by atoms with Crippen LogP contribution in [0.4, 0.5) is 0 Å². The third kappa shape index (κ3) is 5.10. The zero-order valence-corrected chi connectivity index (χ0v) is 13.7. The molecule has 1 aliphatic rings. The first kappa shape index (κ1) is 17.0. The highest BCUT2D eigenvalue weighted by molar-refractivity contribution is 7.91. The average Bonchev–Trinajstić information content (AvgIpc) is 2.80. The van der Waals surface area contributed by atoms with Crippen molar-refractivity contribution in [2.24, 2.45) is 0 Å². The predicted octanol–water partition coefficient (Wildman–Crippen LogP) is 1.85. The van der Waals surface area contributed by atoms with Crippen molar-refractivity contribution in [3.05, 3.63) is 35.4 Å². The molecule has 22 heavy (non-hydrogen) atoms. The first-order valence-electron chi connectivity index (χ1n) is 7.57. The highest BCUT2D eigenvalue weighted by Gasteiger charge is 2.32. The Morgan fingerprint density at radius 1 is 1.32 bits per heavy atom. The van der Waals surface area contributed by atoms with Crippen LogP contribution in [-0.2, 0) is 21.2 Å². The molecule has 1 aliphatic heterocycles. The second-order valence-corrected chi connectivity index (χ2v) is 8.24. The van der Waals surface area contributed by atoms with E-state index in [1.807, 2.05) is 31.2 Å². The third-order valence-corrected chi connectivity index (χ3v) is 5.82. The van der Waals surface area contributed by atoms with Crippen molar-refractivity contribution in [1.29, 1.82) is 0 Å². The summed E-state index contributed by atoms with van der Waals surface area (Å²) in [6.45, 7) is 3.30. The summed E-state index contributed by atoms with van der Waals surface area (Å²) in [5, 5.41) is 8.78. The molecule has 1 saturated heterocycles. The van der Waals surface area contributed by atoms with Crippen molar-refractivity contribution in [1.82, 2.24) is 4.90 Å². The molecule has 1 N–H and O–H groups in total. The van der Waals surface area contributed by atoms with Gasteiger partial charge in [0.1, 0.15) is 0 Å². The molecule has 1 atom stereocenters. The fraction of sp³-hybridized carbons (Fsp3) is 0.562. The van der Waals surface area contributed by atoms with Crippen LogP contribution in [0.3, 0.4) is 0 Å². The van der Waals surface area contributed by atoms with Crippen LogP contribution in [-0.4, -0.2) is 48.5 Å². The van der Waals surface area contributed by atoms with E-state index < -0.39 is 15.8 Å². The van der Waals surface area contributed by atoms with Crippen molar-refractivity contribution >= 4 is 15.8 Å². The third-order valence-electron chi connectivity index (χ3n) is 4.07. The van der Waals surface area contributed by atoms with E-state index >= 15 is 0 Å². The molecule has 1 aromatic rings. The van der Waals surface area contributed by atoms with Crippen molar-refractivity contribution in [3.8, 4) is 0 Å². The van der Waals surface area contributed by atoms with Crippen molar-refractivity contribution in [3.63, 3.8) is 0 Å². The molecule has 0 aliphatic carbocycles. The molecule has 1 fully saturated rings. The summed E-state index contributed by atoms with van der Waals surface area (Å²) < 4.78 is 23.4. The van der Waals surface area contributed by atoms with Gasteiger partial charge in [-0.3, -0.25) is 9.69 Å². The van der Waals surface area contributed by atoms with E-state index in [1.54, 1.807) is 0 Å². The molecular weight excluding hydrogens is 302 g/mol. The number of hydrogen-bond acceptors (Lipinski definition) is 4. The van der Waals surface area contributed by atoms with Crippen LogP contribution in [0.25, 0.3) is 0 Å². The number of aliphatic carboxylic acids is 1. The first-order valence-corrected chi connectivity index (χ1v) is 9.40. The molecule has 2 rings (SSSR count). The number of benzene rings is 1. The van der Waals surface area contributed by atoms with Gasteiger partial charge in [0.15, 0.2) is 9.84 Å². The minimum atomic E-state index is -2.94. The molecule has 1 heterocycles. The molecule has 0 unspecified atom stereocenters. The molecule has 0 saturated carbocycles. The molecule has 0 aromatic heterocycles. The van der Waals surface area contributed by atoms with Gasteiger partial charge < -0.3 is 5.11 Å². The molecule has 1 aromatic carbocycles. The minimum Gasteiger partial charge on any atom is -0.481 e. The Kier molecular flexibility index (Phi) is 5.58. The molecule has 0 radical (unpaired) electrons. The van der Waals surface area contributed by atoms with E-state index in [0.29, 0.717) is 25.9 Å². The van der Waals surface area contributed by atoms with Crippen molar-refractivity contribution in [2.45, 2.75) is 38.8 Å². The van der Waals surface area contributed by atoms with E-state index in [9.17, 15) is 13.2 Å². The lowest BCUT2D eigenvalue weighted by Gasteiger charge is -2.28. The second-order valence-electron chi connectivity index (χ2n) is 6.01. The molecule has 6 heteroatoms. The zero-order chi connectivity index (χ0) is 16.2. The lowest BCUT2D eigenvalue weighted by molar-refractivity contribution is -0.137. The minimum absolute atomic E-state index is 0.0000907. The molecule has 5 nitrogen and oxygen atoms in total. The molecule has 0 spiro atoms. The van der Waals surface area contributed by atoms with Crippen LogP contribution >= 0.6 is 0 Å². The quantitative estimate of drug-likeness (QED) is 0.828. The standard InChI is InChI=1S/C16H23NO4S/c1-13-4-6-14(7-5-13)11-17(9-2-3-16(18)19)15-8-10-22(20,21)12-15/h4-7,15H,2-3,8-12H2,1H3,(H,18,19)/t15-/m0/s1. The Balaban J connectivity index is 2.03. The van der Waals surface area contributed by atoms with E-state index in [0.717, 1.165) is 5.56 Å². The number of nitrogens with zero attached hydrogens (tertiary/aromatic N) is 1. The maximum Gasteiger partial charge on any atom is 0.303 e. The number of carboxylic acids is 1. The number of hydrogen-bond donors (Lipinski definition) is 1. The van der Waals surface area contributed by atoms with Crippen LogP contribution in [0.5, 0.6) is 0 Å². The Morgan fingerprint density at radius 2 is 2.00 bits per heavy atom. The number of sulfone groups is 1. The number of rotatable bonds is 7. The van der Waals surface area contributed by atoms with Gasteiger partial charge in [-0.2, -0.15) is 0 Å². The van der Waals surface area contributed by atoms with Gasteiger partial charge in [0.25, 0.3) is 0 Å². The highest BCUT2D eigenvalue weighted by Crippen LogP contribution is 2.20. The Morgan fingerprint density at radius 3 is 2.55 bits per heavy atom. The number of carboxylic acid groups (broad SMARTS) is 1. The summed E-state index contributed by atoms with van der Waals surface area (Å²) in [6, 6.07) is 8.17. The van der Waals surface area contributed by atoms with Gasteiger partial charge in [0.05, 0.1) is 11.5 Å². The van der Waals surface area contributed by atoms with Gasteiger partial charge in [-0.1, -0.05) is 29.8 Å².